The summed E-state index contributed by atoms with van der Waals surface area (Å²) in [5.74, 6) is 0.872. The van der Waals surface area contributed by atoms with Crippen LogP contribution < -0.4 is 5.32 Å². The van der Waals surface area contributed by atoms with Crippen LogP contribution in [0.5, 0.6) is 0 Å². The molecule has 17 heavy (non-hydrogen) atoms. The van der Waals surface area contributed by atoms with Crippen LogP contribution in [0.2, 0.25) is 0 Å². The van der Waals surface area contributed by atoms with E-state index in [-0.39, 0.29) is 6.00 Å². The van der Waals surface area contributed by atoms with Crippen molar-refractivity contribution in [2.75, 3.05) is 6.00 Å². The van der Waals surface area contributed by atoms with Gasteiger partial charge in [-0.1, -0.05) is 19.3 Å². The van der Waals surface area contributed by atoms with Gasteiger partial charge in [-0.2, -0.15) is 0 Å². The highest BCUT2D eigenvalue weighted by Gasteiger charge is 2.16. The largest absolute Gasteiger partial charge is 0.367 e. The van der Waals surface area contributed by atoms with Crippen molar-refractivity contribution in [2.24, 2.45) is 9.98 Å². The molecule has 0 heterocycles. The molecule has 0 unspecified atom stereocenters. The number of nitrogens with one attached hydrogen (secondary N) is 1. The highest BCUT2D eigenvalue weighted by molar-refractivity contribution is 6.18. The number of halogens is 1. The third-order valence-electron chi connectivity index (χ3n) is 3.30. The molecule has 1 fully saturated rings. The van der Waals surface area contributed by atoms with Crippen LogP contribution in [0.3, 0.4) is 0 Å². The Balaban J connectivity index is 2.72. The van der Waals surface area contributed by atoms with Crippen molar-refractivity contribution in [1.29, 1.82) is 0 Å². The first kappa shape index (κ1) is 14.2. The van der Waals surface area contributed by atoms with Crippen LogP contribution in [-0.4, -0.2) is 24.6 Å². The predicted molar refractivity (Wildman–Crippen MR) is 76.1 cm³/mol. The Labute approximate surface area is 109 Å². The van der Waals surface area contributed by atoms with Gasteiger partial charge >= 0.3 is 0 Å². The van der Waals surface area contributed by atoms with Crippen LogP contribution in [0.1, 0.15) is 46.0 Å². The van der Waals surface area contributed by atoms with E-state index in [0.29, 0.717) is 6.04 Å². The highest BCUT2D eigenvalue weighted by atomic mass is 35.5. The third-order valence-corrected chi connectivity index (χ3v) is 3.42. The van der Waals surface area contributed by atoms with Crippen LogP contribution in [0.4, 0.5) is 0 Å². The van der Waals surface area contributed by atoms with Crippen LogP contribution in [-0.2, 0) is 0 Å². The molecule has 0 amide bonds. The fraction of sp³-hybridized carbons (Fsp3) is 0.692. The molecule has 0 radical (unpaired) electrons. The fourth-order valence-electron chi connectivity index (χ4n) is 2.06. The van der Waals surface area contributed by atoms with Gasteiger partial charge < -0.3 is 5.32 Å². The second-order valence-electron chi connectivity index (χ2n) is 4.47. The van der Waals surface area contributed by atoms with Gasteiger partial charge in [0.15, 0.2) is 0 Å². The van der Waals surface area contributed by atoms with Crippen LogP contribution in [0, 0.1) is 0 Å². The molecular formula is C13H22ClN3. The van der Waals surface area contributed by atoms with E-state index in [2.05, 4.69) is 22.0 Å². The second-order valence-corrected chi connectivity index (χ2v) is 4.71. The zero-order valence-corrected chi connectivity index (χ0v) is 11.6. The number of hydrogen-bond donors (Lipinski definition) is 1. The molecule has 1 rings (SSSR count). The molecule has 0 saturated heterocycles. The van der Waals surface area contributed by atoms with Crippen molar-refractivity contribution in [3.63, 3.8) is 0 Å². The summed E-state index contributed by atoms with van der Waals surface area (Å²) in [4.78, 5) is 8.26. The molecule has 0 atom stereocenters. The number of hydrogen-bond acceptors (Lipinski definition) is 2. The van der Waals surface area contributed by atoms with Gasteiger partial charge in [0.05, 0.1) is 0 Å². The van der Waals surface area contributed by atoms with Crippen molar-refractivity contribution >= 4 is 24.2 Å². The maximum Gasteiger partial charge on any atom is 0.127 e. The fourth-order valence-corrected chi connectivity index (χ4v) is 2.18. The lowest BCUT2D eigenvalue weighted by Gasteiger charge is -2.25. The molecule has 1 N–H and O–H groups in total. The smallest absolute Gasteiger partial charge is 0.127 e. The zero-order chi connectivity index (χ0) is 12.7. The molecule has 0 aromatic heterocycles. The van der Waals surface area contributed by atoms with Gasteiger partial charge in [0.2, 0.25) is 0 Å². The first-order valence-electron chi connectivity index (χ1n) is 6.20. The Bertz CT molecular complexity index is 315. The van der Waals surface area contributed by atoms with Crippen molar-refractivity contribution in [3.05, 3.63) is 11.3 Å². The molecule has 1 saturated carbocycles. The van der Waals surface area contributed by atoms with Gasteiger partial charge in [-0.15, -0.1) is 11.6 Å². The summed E-state index contributed by atoms with van der Waals surface area (Å²) >= 11 is 5.71. The Kier molecular flexibility index (Phi) is 6.27. The van der Waals surface area contributed by atoms with Gasteiger partial charge in [-0.25, -0.2) is 0 Å². The minimum atomic E-state index is 0.275. The Morgan fingerprint density at radius 1 is 1.29 bits per heavy atom. The maximum atomic E-state index is 5.71. The Morgan fingerprint density at radius 2 is 1.94 bits per heavy atom. The minimum Gasteiger partial charge on any atom is -0.367 e. The lowest BCUT2D eigenvalue weighted by atomic mass is 9.95. The first-order chi connectivity index (χ1) is 8.19. The van der Waals surface area contributed by atoms with E-state index < -0.39 is 0 Å². The summed E-state index contributed by atoms with van der Waals surface area (Å²) in [6, 6.07) is 0.801. The normalized spacial score (nSPS) is 19.8. The predicted octanol–water partition coefficient (Wildman–Crippen LogP) is 3.50. The summed E-state index contributed by atoms with van der Waals surface area (Å²) in [6.45, 7) is 7.49. The summed E-state index contributed by atoms with van der Waals surface area (Å²) in [5.41, 5.74) is 1.93. The van der Waals surface area contributed by atoms with E-state index in [1.54, 1.807) is 0 Å². The summed E-state index contributed by atoms with van der Waals surface area (Å²) in [7, 11) is 0. The van der Waals surface area contributed by atoms with Gasteiger partial charge in [-0.05, 0) is 33.4 Å². The average molecular weight is 256 g/mol. The molecule has 0 aromatic rings. The summed E-state index contributed by atoms with van der Waals surface area (Å²) < 4.78 is 0. The topological polar surface area (TPSA) is 36.8 Å². The van der Waals surface area contributed by atoms with Crippen molar-refractivity contribution in [1.82, 2.24) is 5.32 Å². The molecule has 1 aliphatic carbocycles. The molecule has 96 valence electrons. The Morgan fingerprint density at radius 3 is 2.47 bits per heavy atom. The number of rotatable bonds is 4. The van der Waals surface area contributed by atoms with Gasteiger partial charge in [0.25, 0.3) is 0 Å². The number of aliphatic imine (C=N–C) groups is 2. The quantitative estimate of drug-likeness (QED) is 0.355. The van der Waals surface area contributed by atoms with Gasteiger partial charge in [0.1, 0.15) is 11.8 Å². The van der Waals surface area contributed by atoms with Crippen LogP contribution in [0.15, 0.2) is 21.3 Å². The lowest BCUT2D eigenvalue weighted by Crippen LogP contribution is -2.37. The van der Waals surface area contributed by atoms with E-state index in [1.165, 1.54) is 32.1 Å². The van der Waals surface area contributed by atoms with E-state index in [9.17, 15) is 0 Å². The molecule has 4 heteroatoms. The molecule has 0 spiro atoms. The second kappa shape index (κ2) is 7.49. The van der Waals surface area contributed by atoms with Crippen LogP contribution in [0.25, 0.3) is 0 Å². The van der Waals surface area contributed by atoms with Crippen molar-refractivity contribution in [2.45, 2.75) is 52.0 Å². The molecular weight excluding hydrogens is 234 g/mol. The van der Waals surface area contributed by atoms with E-state index in [0.717, 1.165) is 17.1 Å². The van der Waals surface area contributed by atoms with E-state index in [4.69, 9.17) is 11.6 Å². The van der Waals surface area contributed by atoms with E-state index in [1.807, 2.05) is 13.8 Å². The lowest BCUT2D eigenvalue weighted by molar-refractivity contribution is 0.413. The third kappa shape index (κ3) is 4.50. The molecule has 1 aliphatic rings. The molecule has 0 aromatic carbocycles. The van der Waals surface area contributed by atoms with Gasteiger partial charge in [0, 0.05) is 17.3 Å². The van der Waals surface area contributed by atoms with Crippen molar-refractivity contribution in [3.8, 4) is 0 Å². The number of nitrogens with zero attached hydrogens (tertiary/aromatic N) is 2. The molecule has 0 aliphatic heterocycles. The standard InChI is InChI=1S/C13H22ClN3/c1-10(11(2)15-3)13(16-9-14)17-12-7-5-4-6-8-12/h12H,3-9H2,1-2H3,(H,16,17)/b11-10-. The maximum absolute atomic E-state index is 5.71. The Hall–Kier alpha value is -0.830. The zero-order valence-electron chi connectivity index (χ0n) is 10.8. The summed E-state index contributed by atoms with van der Waals surface area (Å²) in [6.07, 6.45) is 6.38. The SMILES string of the molecule is C=N/C(C)=C(C)\C(=N/CCl)NC1CCCCC1. The monoisotopic (exact) mass is 255 g/mol. The highest BCUT2D eigenvalue weighted by Crippen LogP contribution is 2.18. The molecule has 0 bridgehead atoms. The molecule has 3 nitrogen and oxygen atoms in total. The van der Waals surface area contributed by atoms with Gasteiger partial charge in [-0.3, -0.25) is 9.98 Å². The average Bonchev–Trinajstić information content (AvgIpc) is 2.37. The van der Waals surface area contributed by atoms with E-state index >= 15 is 0 Å². The van der Waals surface area contributed by atoms with Crippen LogP contribution >= 0.6 is 11.6 Å². The summed E-state index contributed by atoms with van der Waals surface area (Å²) in [5, 5.41) is 3.49. The number of amidine groups is 1. The number of allylic oxidation sites excluding steroid dienone is 1. The first-order valence-corrected chi connectivity index (χ1v) is 6.74. The minimum absolute atomic E-state index is 0.275. The number of alkyl halides is 1. The van der Waals surface area contributed by atoms with Crippen molar-refractivity contribution < 1.29 is 0 Å².